The van der Waals surface area contributed by atoms with Gasteiger partial charge in [-0.15, -0.1) is 0 Å². The van der Waals surface area contributed by atoms with Gasteiger partial charge in [0, 0.05) is 16.2 Å². The van der Waals surface area contributed by atoms with Crippen LogP contribution in [0.3, 0.4) is 0 Å². The Bertz CT molecular complexity index is 1070. The zero-order valence-electron chi connectivity index (χ0n) is 16.6. The van der Waals surface area contributed by atoms with Crippen LogP contribution in [0.5, 0.6) is 11.5 Å². The van der Waals surface area contributed by atoms with Crippen molar-refractivity contribution >= 4 is 45.0 Å². The van der Waals surface area contributed by atoms with E-state index in [9.17, 15) is 14.4 Å². The van der Waals surface area contributed by atoms with E-state index in [1.165, 1.54) is 19.2 Å². The third kappa shape index (κ3) is 3.83. The highest BCUT2D eigenvalue weighted by Gasteiger charge is 2.55. The molecule has 0 saturated carbocycles. The number of nitrogens with one attached hydrogen (secondary N) is 1. The second kappa shape index (κ2) is 8.34. The Morgan fingerprint density at radius 2 is 1.77 bits per heavy atom. The molecule has 0 radical (unpaired) electrons. The van der Waals surface area contributed by atoms with Crippen molar-refractivity contribution in [1.29, 1.82) is 0 Å². The molecule has 2 aromatic carbocycles. The lowest BCUT2D eigenvalue weighted by atomic mass is 10.1. The summed E-state index contributed by atoms with van der Waals surface area (Å²) in [6.07, 6.45) is 0. The molecule has 1 N–H and O–H groups in total. The molecule has 31 heavy (non-hydrogen) atoms. The summed E-state index contributed by atoms with van der Waals surface area (Å²) in [6, 6.07) is 9.81. The number of halogens is 1. The average molecular weight is 488 g/mol. The first-order chi connectivity index (χ1) is 14.9. The second-order valence-electron chi connectivity index (χ2n) is 6.80. The molecule has 2 aromatic rings. The Morgan fingerprint density at radius 1 is 1.06 bits per heavy atom. The van der Waals surface area contributed by atoms with E-state index in [1.807, 2.05) is 0 Å². The third-order valence-electron chi connectivity index (χ3n) is 4.92. The van der Waals surface area contributed by atoms with Crippen LogP contribution < -0.4 is 19.7 Å². The maximum absolute atomic E-state index is 13.0. The Morgan fingerprint density at radius 3 is 2.45 bits per heavy atom. The van der Waals surface area contributed by atoms with Crippen LogP contribution in [0.25, 0.3) is 0 Å². The maximum atomic E-state index is 13.0. The standard InChI is InChI=1S/C20H18BrN5O5/c1-30-14-8-5-12(9-15(14)31-2)22-16(27)10-25-18-17(23-24-25)19(28)26(20(18)29)13-6-3-11(21)4-7-13/h3-9,17-18H,10H2,1-2H3,(H,22,27)/t17-,18-/m0/s1. The Kier molecular flexibility index (Phi) is 5.59. The zero-order chi connectivity index (χ0) is 22.1. The van der Waals surface area contributed by atoms with Crippen molar-refractivity contribution in [2.45, 2.75) is 12.1 Å². The molecule has 2 heterocycles. The number of hydrogen-bond acceptors (Lipinski definition) is 8. The van der Waals surface area contributed by atoms with Crippen LogP contribution in [-0.2, 0) is 14.4 Å². The fourth-order valence-corrected chi connectivity index (χ4v) is 3.72. The van der Waals surface area contributed by atoms with Gasteiger partial charge >= 0.3 is 0 Å². The number of hydrogen-bond donors (Lipinski definition) is 1. The van der Waals surface area contributed by atoms with Crippen molar-refractivity contribution in [3.05, 3.63) is 46.9 Å². The SMILES string of the molecule is COc1ccc(NC(=O)CN2N=N[C@@H]3C(=O)N(c4ccc(Br)cc4)C(=O)[C@H]32)cc1OC. The number of carbonyl (C=O) groups excluding carboxylic acids is 3. The van der Waals surface area contributed by atoms with Gasteiger partial charge in [-0.3, -0.25) is 19.4 Å². The first-order valence-electron chi connectivity index (χ1n) is 9.25. The zero-order valence-corrected chi connectivity index (χ0v) is 18.2. The molecule has 0 aromatic heterocycles. The number of fused-ring (bicyclic) bond motifs is 1. The number of anilines is 2. The van der Waals surface area contributed by atoms with Crippen LogP contribution >= 0.6 is 15.9 Å². The highest BCUT2D eigenvalue weighted by atomic mass is 79.9. The van der Waals surface area contributed by atoms with Gasteiger partial charge < -0.3 is 14.8 Å². The Labute approximate surface area is 185 Å². The van der Waals surface area contributed by atoms with Gasteiger partial charge in [0.15, 0.2) is 23.6 Å². The molecule has 2 atom stereocenters. The minimum absolute atomic E-state index is 0.244. The molecular weight excluding hydrogens is 470 g/mol. The second-order valence-corrected chi connectivity index (χ2v) is 7.71. The quantitative estimate of drug-likeness (QED) is 0.625. The molecule has 2 aliphatic rings. The van der Waals surface area contributed by atoms with Gasteiger partial charge in [-0.05, 0) is 36.4 Å². The van der Waals surface area contributed by atoms with Crippen molar-refractivity contribution in [2.75, 3.05) is 31.0 Å². The molecular formula is C20H18BrN5O5. The van der Waals surface area contributed by atoms with Crippen molar-refractivity contribution < 1.29 is 23.9 Å². The molecule has 4 rings (SSSR count). The van der Waals surface area contributed by atoms with Crippen LogP contribution in [0.15, 0.2) is 57.3 Å². The molecule has 0 unspecified atom stereocenters. The molecule has 0 bridgehead atoms. The van der Waals surface area contributed by atoms with E-state index in [0.717, 1.165) is 9.37 Å². The summed E-state index contributed by atoms with van der Waals surface area (Å²) in [5.41, 5.74) is 0.929. The highest BCUT2D eigenvalue weighted by Crippen LogP contribution is 2.33. The molecule has 1 saturated heterocycles. The number of ether oxygens (including phenoxy) is 2. The fraction of sp³-hybridized carbons (Fsp3) is 0.250. The molecule has 160 valence electrons. The van der Waals surface area contributed by atoms with Gasteiger partial charge in [-0.2, -0.15) is 5.11 Å². The van der Waals surface area contributed by atoms with Crippen molar-refractivity contribution in [1.82, 2.24) is 5.01 Å². The van der Waals surface area contributed by atoms with Crippen LogP contribution in [0.2, 0.25) is 0 Å². The average Bonchev–Trinajstić information content (AvgIpc) is 3.28. The summed E-state index contributed by atoms with van der Waals surface area (Å²) in [7, 11) is 3.01. The predicted molar refractivity (Wildman–Crippen MR) is 114 cm³/mol. The van der Waals surface area contributed by atoms with Crippen LogP contribution in [0.1, 0.15) is 0 Å². The summed E-state index contributed by atoms with van der Waals surface area (Å²) in [5.74, 6) is -0.373. The number of nitrogens with zero attached hydrogens (tertiary/aromatic N) is 4. The van der Waals surface area contributed by atoms with Crippen LogP contribution in [0.4, 0.5) is 11.4 Å². The summed E-state index contributed by atoms with van der Waals surface area (Å²) >= 11 is 3.32. The summed E-state index contributed by atoms with van der Waals surface area (Å²) in [6.45, 7) is -0.244. The fourth-order valence-electron chi connectivity index (χ4n) is 3.46. The number of rotatable bonds is 6. The third-order valence-corrected chi connectivity index (χ3v) is 5.44. The lowest BCUT2D eigenvalue weighted by Crippen LogP contribution is -2.43. The van der Waals surface area contributed by atoms with Gasteiger partial charge in [-0.25, -0.2) is 4.90 Å². The van der Waals surface area contributed by atoms with E-state index in [0.29, 0.717) is 22.9 Å². The number of methoxy groups -OCH3 is 2. The molecule has 0 spiro atoms. The van der Waals surface area contributed by atoms with Crippen LogP contribution in [0, 0.1) is 0 Å². The van der Waals surface area contributed by atoms with E-state index in [1.54, 1.807) is 42.5 Å². The molecule has 1 fully saturated rings. The number of benzene rings is 2. The van der Waals surface area contributed by atoms with Gasteiger partial charge in [-0.1, -0.05) is 21.2 Å². The first kappa shape index (κ1) is 20.8. The molecule has 10 nitrogen and oxygen atoms in total. The first-order valence-corrected chi connectivity index (χ1v) is 10.0. The van der Waals surface area contributed by atoms with Gasteiger partial charge in [0.2, 0.25) is 5.91 Å². The van der Waals surface area contributed by atoms with Crippen molar-refractivity contribution in [2.24, 2.45) is 10.3 Å². The number of carbonyl (C=O) groups is 3. The van der Waals surface area contributed by atoms with E-state index in [-0.39, 0.29) is 6.54 Å². The Hall–Kier alpha value is -3.47. The maximum Gasteiger partial charge on any atom is 0.263 e. The Balaban J connectivity index is 1.46. The number of amides is 3. The molecule has 11 heteroatoms. The molecule has 2 aliphatic heterocycles. The van der Waals surface area contributed by atoms with E-state index in [4.69, 9.17) is 9.47 Å². The lowest BCUT2D eigenvalue weighted by Gasteiger charge is -2.20. The predicted octanol–water partition coefficient (Wildman–Crippen LogP) is 2.40. The minimum Gasteiger partial charge on any atom is -0.493 e. The summed E-state index contributed by atoms with van der Waals surface area (Å²) in [5, 5.41) is 11.8. The van der Waals surface area contributed by atoms with Gasteiger partial charge in [0.05, 0.1) is 19.9 Å². The van der Waals surface area contributed by atoms with Gasteiger partial charge in [0.25, 0.3) is 11.8 Å². The minimum atomic E-state index is -0.968. The van der Waals surface area contributed by atoms with E-state index >= 15 is 0 Å². The summed E-state index contributed by atoms with van der Waals surface area (Å²) in [4.78, 5) is 39.3. The van der Waals surface area contributed by atoms with Crippen molar-refractivity contribution in [3.8, 4) is 11.5 Å². The van der Waals surface area contributed by atoms with Gasteiger partial charge in [0.1, 0.15) is 6.54 Å². The van der Waals surface area contributed by atoms with E-state index < -0.39 is 29.8 Å². The lowest BCUT2D eigenvalue weighted by molar-refractivity contribution is -0.123. The molecule has 0 aliphatic carbocycles. The smallest absolute Gasteiger partial charge is 0.263 e. The largest absolute Gasteiger partial charge is 0.493 e. The van der Waals surface area contributed by atoms with E-state index in [2.05, 4.69) is 31.6 Å². The van der Waals surface area contributed by atoms with Crippen molar-refractivity contribution in [3.63, 3.8) is 0 Å². The monoisotopic (exact) mass is 487 g/mol. The molecule has 3 amide bonds. The highest BCUT2D eigenvalue weighted by molar-refractivity contribution is 9.10. The topological polar surface area (TPSA) is 113 Å². The normalized spacial score (nSPS) is 19.6. The van der Waals surface area contributed by atoms with Crippen LogP contribution in [-0.4, -0.2) is 55.6 Å². The number of imide groups is 1. The summed E-state index contributed by atoms with van der Waals surface area (Å²) < 4.78 is 11.2.